The van der Waals surface area contributed by atoms with Gasteiger partial charge in [-0.15, -0.1) is 11.3 Å². The molecule has 3 fully saturated rings. The third-order valence-corrected chi connectivity index (χ3v) is 14.2. The Kier molecular flexibility index (Phi) is 6.71. The second-order valence-corrected chi connectivity index (χ2v) is 17.0. The van der Waals surface area contributed by atoms with Crippen LogP contribution in [0.4, 0.5) is 17.1 Å². The first-order valence-electron chi connectivity index (χ1n) is 18.6. The number of hydrogen-bond donors (Lipinski definition) is 0. The van der Waals surface area contributed by atoms with Crippen molar-refractivity contribution >= 4 is 48.6 Å². The van der Waals surface area contributed by atoms with Crippen molar-refractivity contribution in [1.82, 2.24) is 0 Å². The molecule has 0 amide bonds. The molecule has 10 rings (SSSR count). The van der Waals surface area contributed by atoms with E-state index in [0.29, 0.717) is 5.92 Å². The summed E-state index contributed by atoms with van der Waals surface area (Å²) in [5, 5.41) is 2.76. The maximum absolute atomic E-state index is 2.52. The smallest absolute Gasteiger partial charge is 0.0465 e. The van der Waals surface area contributed by atoms with Gasteiger partial charge in [0.15, 0.2) is 0 Å². The van der Waals surface area contributed by atoms with Gasteiger partial charge >= 0.3 is 0 Å². The first-order chi connectivity index (χ1) is 23.5. The molecule has 2 bridgehead atoms. The molecule has 0 radical (unpaired) electrons. The van der Waals surface area contributed by atoms with Crippen LogP contribution in [0.15, 0.2) is 103 Å². The lowest BCUT2D eigenvalue weighted by Gasteiger charge is -2.29. The summed E-state index contributed by atoms with van der Waals surface area (Å²) >= 11 is 1.95. The van der Waals surface area contributed by atoms with E-state index in [1.807, 2.05) is 11.3 Å². The Morgan fingerprint density at radius 1 is 0.625 bits per heavy atom. The van der Waals surface area contributed by atoms with Crippen LogP contribution in [0.1, 0.15) is 106 Å². The Bertz CT molecular complexity index is 2160. The van der Waals surface area contributed by atoms with Crippen molar-refractivity contribution < 1.29 is 0 Å². The molecule has 4 aliphatic carbocycles. The first-order valence-corrected chi connectivity index (χ1v) is 19.4. The normalized spacial score (nSPS) is 22.8. The number of rotatable bonds is 5. The largest absolute Gasteiger partial charge is 0.310 e. The highest BCUT2D eigenvalue weighted by molar-refractivity contribution is 7.26. The summed E-state index contributed by atoms with van der Waals surface area (Å²) in [5.41, 5.74) is 12.5. The SMILES string of the molecule is CC1(C)c2cc(N(c3ccc(C4CCCCC4)cc3)c3ccc(C4CC5CCC4C5)cc3)ccc2-c2c1ccc1c2sc2ccccc21. The molecule has 0 N–H and O–H groups in total. The van der Waals surface area contributed by atoms with Crippen LogP contribution in [0.2, 0.25) is 0 Å². The van der Waals surface area contributed by atoms with Crippen LogP contribution in [0.5, 0.6) is 0 Å². The lowest BCUT2D eigenvalue weighted by Crippen LogP contribution is -2.16. The summed E-state index contributed by atoms with van der Waals surface area (Å²) in [6.07, 6.45) is 12.5. The second-order valence-electron chi connectivity index (χ2n) is 16.0. The van der Waals surface area contributed by atoms with Gasteiger partial charge in [0.2, 0.25) is 0 Å². The highest BCUT2D eigenvalue weighted by Gasteiger charge is 2.40. The molecule has 48 heavy (non-hydrogen) atoms. The van der Waals surface area contributed by atoms with Crippen molar-refractivity contribution in [1.29, 1.82) is 0 Å². The van der Waals surface area contributed by atoms with E-state index in [-0.39, 0.29) is 5.41 Å². The predicted octanol–water partition coefficient (Wildman–Crippen LogP) is 13.8. The molecular formula is C46H45NS. The summed E-state index contributed by atoms with van der Waals surface area (Å²) in [5.74, 6) is 3.34. The summed E-state index contributed by atoms with van der Waals surface area (Å²) in [6.45, 7) is 4.85. The standard InChI is InChI=1S/C46H45NS/c1-46(2)41-25-24-38-37-10-6-7-11-43(37)48-45(38)44(41)39-23-22-36(28-42(39)46)47(34-18-14-31(15-19-34)30-8-4-3-5-9-30)35-20-16-32(17-21-35)40-27-29-12-13-33(40)26-29/h6-7,10-11,14-25,28-30,33,40H,3-5,8-9,12-13,26-27H2,1-2H3. The number of anilines is 3. The minimum atomic E-state index is -0.0762. The van der Waals surface area contributed by atoms with Crippen molar-refractivity contribution in [2.24, 2.45) is 11.8 Å². The fraction of sp³-hybridized carbons (Fsp3) is 0.348. The zero-order valence-electron chi connectivity index (χ0n) is 28.3. The highest BCUT2D eigenvalue weighted by atomic mass is 32.1. The quantitative estimate of drug-likeness (QED) is 0.181. The van der Waals surface area contributed by atoms with Gasteiger partial charge in [-0.1, -0.05) is 100 Å². The number of hydrogen-bond acceptors (Lipinski definition) is 2. The van der Waals surface area contributed by atoms with E-state index >= 15 is 0 Å². The molecule has 3 saturated carbocycles. The molecule has 0 saturated heterocycles. The van der Waals surface area contributed by atoms with Crippen molar-refractivity contribution in [3.63, 3.8) is 0 Å². The third kappa shape index (κ3) is 4.48. The first kappa shape index (κ1) is 29.1. The lowest BCUT2D eigenvalue weighted by atomic mass is 9.82. The van der Waals surface area contributed by atoms with Gasteiger partial charge in [-0.05, 0) is 126 Å². The van der Waals surface area contributed by atoms with Crippen molar-refractivity contribution in [2.75, 3.05) is 4.90 Å². The van der Waals surface area contributed by atoms with Crippen LogP contribution in [-0.2, 0) is 5.41 Å². The molecular weight excluding hydrogens is 599 g/mol. The number of thiophene rings is 1. The second kappa shape index (κ2) is 11.1. The van der Waals surface area contributed by atoms with E-state index in [0.717, 1.165) is 17.8 Å². The Labute approximate surface area is 289 Å². The number of nitrogens with zero attached hydrogens (tertiary/aromatic N) is 1. The molecule has 2 heteroatoms. The maximum atomic E-state index is 2.52. The molecule has 0 spiro atoms. The number of fused-ring (bicyclic) bond motifs is 9. The summed E-state index contributed by atoms with van der Waals surface area (Å²) < 4.78 is 2.81. The van der Waals surface area contributed by atoms with E-state index in [4.69, 9.17) is 0 Å². The molecule has 5 aromatic carbocycles. The minimum absolute atomic E-state index is 0.0762. The zero-order chi connectivity index (χ0) is 32.0. The van der Waals surface area contributed by atoms with Crippen molar-refractivity contribution in [3.8, 4) is 11.1 Å². The van der Waals surface area contributed by atoms with Crippen molar-refractivity contribution in [3.05, 3.63) is 125 Å². The zero-order valence-corrected chi connectivity index (χ0v) is 29.2. The molecule has 1 nitrogen and oxygen atoms in total. The van der Waals surface area contributed by atoms with Gasteiger partial charge in [-0.25, -0.2) is 0 Å². The predicted molar refractivity (Wildman–Crippen MR) is 206 cm³/mol. The average Bonchev–Trinajstić information content (AvgIpc) is 3.91. The Hall–Kier alpha value is -3.88. The summed E-state index contributed by atoms with van der Waals surface area (Å²) in [6, 6.07) is 40.4. The van der Waals surface area contributed by atoms with Gasteiger partial charge in [-0.3, -0.25) is 0 Å². The Morgan fingerprint density at radius 2 is 1.35 bits per heavy atom. The van der Waals surface area contributed by atoms with E-state index in [1.165, 1.54) is 123 Å². The summed E-state index contributed by atoms with van der Waals surface area (Å²) in [4.78, 5) is 2.52. The van der Waals surface area contributed by atoms with Crippen molar-refractivity contribution in [2.45, 2.75) is 88.9 Å². The van der Waals surface area contributed by atoms with Gasteiger partial charge in [-0.2, -0.15) is 0 Å². The highest BCUT2D eigenvalue weighted by Crippen LogP contribution is 2.56. The van der Waals surface area contributed by atoms with E-state index in [2.05, 4.69) is 122 Å². The Balaban J connectivity index is 1.08. The molecule has 0 aliphatic heterocycles. The molecule has 3 atom stereocenters. The molecule has 3 unspecified atom stereocenters. The number of benzene rings is 5. The van der Waals surface area contributed by atoms with Crippen LogP contribution in [0, 0.1) is 11.8 Å². The van der Waals surface area contributed by atoms with Gasteiger partial charge in [0.25, 0.3) is 0 Å². The molecule has 240 valence electrons. The minimum Gasteiger partial charge on any atom is -0.310 e. The molecule has 4 aliphatic rings. The van der Waals surface area contributed by atoms with Crippen LogP contribution >= 0.6 is 11.3 Å². The van der Waals surface area contributed by atoms with Crippen LogP contribution in [0.3, 0.4) is 0 Å². The fourth-order valence-electron chi connectivity index (χ4n) is 10.4. The van der Waals surface area contributed by atoms with E-state index in [9.17, 15) is 0 Å². The van der Waals surface area contributed by atoms with Gasteiger partial charge in [0.1, 0.15) is 0 Å². The van der Waals surface area contributed by atoms with Gasteiger partial charge in [0.05, 0.1) is 0 Å². The monoisotopic (exact) mass is 643 g/mol. The van der Waals surface area contributed by atoms with Gasteiger partial charge < -0.3 is 4.90 Å². The lowest BCUT2D eigenvalue weighted by molar-refractivity contribution is 0.420. The maximum Gasteiger partial charge on any atom is 0.0465 e. The van der Waals surface area contributed by atoms with Gasteiger partial charge in [0, 0.05) is 48.2 Å². The van der Waals surface area contributed by atoms with Crippen LogP contribution < -0.4 is 4.90 Å². The Morgan fingerprint density at radius 3 is 2.08 bits per heavy atom. The molecule has 1 heterocycles. The fourth-order valence-corrected chi connectivity index (χ4v) is 11.7. The summed E-state index contributed by atoms with van der Waals surface area (Å²) in [7, 11) is 0. The topological polar surface area (TPSA) is 3.24 Å². The molecule has 6 aromatic rings. The molecule has 1 aromatic heterocycles. The average molecular weight is 644 g/mol. The van der Waals surface area contributed by atoms with Crippen LogP contribution in [0.25, 0.3) is 31.3 Å². The van der Waals surface area contributed by atoms with Crippen LogP contribution in [-0.4, -0.2) is 0 Å². The van der Waals surface area contributed by atoms with E-state index in [1.54, 1.807) is 5.56 Å². The third-order valence-electron chi connectivity index (χ3n) is 13.0. The van der Waals surface area contributed by atoms with E-state index < -0.39 is 0 Å².